The van der Waals surface area contributed by atoms with Crippen LogP contribution in [0.15, 0.2) is 35.3 Å². The van der Waals surface area contributed by atoms with Crippen molar-refractivity contribution in [2.45, 2.75) is 38.2 Å². The van der Waals surface area contributed by atoms with Gasteiger partial charge < -0.3 is 29.6 Å². The van der Waals surface area contributed by atoms with Gasteiger partial charge in [0.05, 0.1) is 19.8 Å². The van der Waals surface area contributed by atoms with Crippen molar-refractivity contribution in [1.82, 2.24) is 0 Å². The minimum atomic E-state index is -2.66. The number of piperidine rings is 1. The monoisotopic (exact) mass is 519 g/mol. The summed E-state index contributed by atoms with van der Waals surface area (Å²) in [7, 11) is 1.51. The van der Waals surface area contributed by atoms with Gasteiger partial charge in [-0.25, -0.2) is 13.2 Å². The minimum Gasteiger partial charge on any atom is -0.493 e. The van der Waals surface area contributed by atoms with Gasteiger partial charge in [-0.05, 0) is 31.2 Å². The molecule has 0 spiro atoms. The maximum Gasteiger partial charge on any atom is 0.251 e. The van der Waals surface area contributed by atoms with Gasteiger partial charge in [-0.15, -0.1) is 0 Å². The second-order valence-electron chi connectivity index (χ2n) is 10.6. The number of anilines is 1. The SMILES string of the molecule is COC/C(N)=N\[C@@]1(C)c2cc(N3CCC(F)(F)CC3)ccc2Oc2c(F)cc(OCC3(C)COC3)cc21. The number of methoxy groups -OCH3 is 1. The smallest absolute Gasteiger partial charge is 0.251 e. The Bertz CT molecular complexity index is 1210. The van der Waals surface area contributed by atoms with E-state index in [4.69, 9.17) is 29.7 Å². The van der Waals surface area contributed by atoms with Crippen LogP contribution in [0.3, 0.4) is 0 Å². The molecular formula is C27H32F3N3O4. The fraction of sp³-hybridized carbons (Fsp3) is 0.519. The standard InChI is InChI=1S/C27H32F3N3O4/c1-25(14-35-15-25)16-36-18-11-20-24(21(28)12-18)37-22-5-4-17(33-8-6-27(29,30)7-9-33)10-19(22)26(20,2)32-23(31)13-34-3/h4-5,10-12H,6-9,13-16H2,1-3H3,(H2,31,32)/t26-/m0/s1. The highest BCUT2D eigenvalue weighted by atomic mass is 19.3. The van der Waals surface area contributed by atoms with Crippen molar-refractivity contribution >= 4 is 11.5 Å². The normalized spacial score (nSPS) is 23.9. The fourth-order valence-electron chi connectivity index (χ4n) is 5.03. The van der Waals surface area contributed by atoms with Gasteiger partial charge in [-0.1, -0.05) is 6.92 Å². The largest absolute Gasteiger partial charge is 0.493 e. The summed E-state index contributed by atoms with van der Waals surface area (Å²) in [5, 5.41) is 0. The van der Waals surface area contributed by atoms with Crippen molar-refractivity contribution in [2.75, 3.05) is 51.5 Å². The van der Waals surface area contributed by atoms with Gasteiger partial charge in [0, 0.05) is 61.3 Å². The third kappa shape index (κ3) is 4.96. The van der Waals surface area contributed by atoms with E-state index in [0.29, 0.717) is 42.4 Å². The molecule has 0 saturated carbocycles. The Morgan fingerprint density at radius 3 is 2.49 bits per heavy atom. The summed E-state index contributed by atoms with van der Waals surface area (Å²) >= 11 is 0. The summed E-state index contributed by atoms with van der Waals surface area (Å²) in [6.45, 7) is 5.94. The molecule has 0 unspecified atom stereocenters. The number of amidine groups is 1. The van der Waals surface area contributed by atoms with Crippen LogP contribution in [0, 0.1) is 11.2 Å². The summed E-state index contributed by atoms with van der Waals surface area (Å²) in [6, 6.07) is 8.41. The number of nitrogens with zero attached hydrogens (tertiary/aromatic N) is 2. The maximum absolute atomic E-state index is 15.4. The van der Waals surface area contributed by atoms with Crippen molar-refractivity contribution in [2.24, 2.45) is 16.1 Å². The number of halogens is 3. The van der Waals surface area contributed by atoms with Crippen LogP contribution in [0.5, 0.6) is 17.2 Å². The summed E-state index contributed by atoms with van der Waals surface area (Å²) < 4.78 is 65.4. The number of benzene rings is 2. The quantitative estimate of drug-likeness (QED) is 0.416. The zero-order valence-corrected chi connectivity index (χ0v) is 21.3. The summed E-state index contributed by atoms with van der Waals surface area (Å²) in [5.41, 5.74) is 6.78. The topological polar surface area (TPSA) is 78.5 Å². The van der Waals surface area contributed by atoms with Gasteiger partial charge in [0.15, 0.2) is 11.6 Å². The second-order valence-corrected chi connectivity index (χ2v) is 10.6. The zero-order chi connectivity index (χ0) is 26.4. The number of ether oxygens (including phenoxy) is 4. The number of hydrogen-bond donors (Lipinski definition) is 1. The molecule has 0 aliphatic carbocycles. The molecule has 3 aliphatic heterocycles. The molecule has 3 heterocycles. The van der Waals surface area contributed by atoms with E-state index in [1.165, 1.54) is 13.2 Å². The molecule has 2 aromatic carbocycles. The molecule has 37 heavy (non-hydrogen) atoms. The molecule has 2 saturated heterocycles. The van der Waals surface area contributed by atoms with E-state index in [1.54, 1.807) is 18.2 Å². The molecular weight excluding hydrogens is 487 g/mol. The minimum absolute atomic E-state index is 0.0415. The Balaban J connectivity index is 1.56. The predicted molar refractivity (Wildman–Crippen MR) is 134 cm³/mol. The van der Waals surface area contributed by atoms with Gasteiger partial charge >= 0.3 is 0 Å². The van der Waals surface area contributed by atoms with Crippen molar-refractivity contribution in [3.05, 3.63) is 47.3 Å². The molecule has 0 radical (unpaired) electrons. The average molecular weight is 520 g/mol. The third-order valence-corrected chi connectivity index (χ3v) is 7.25. The lowest BCUT2D eigenvalue weighted by Gasteiger charge is -2.38. The summed E-state index contributed by atoms with van der Waals surface area (Å²) in [6.07, 6.45) is -0.426. The summed E-state index contributed by atoms with van der Waals surface area (Å²) in [4.78, 5) is 6.69. The first-order valence-corrected chi connectivity index (χ1v) is 12.3. The number of hydrogen-bond acceptors (Lipinski definition) is 6. The van der Waals surface area contributed by atoms with Crippen LogP contribution < -0.4 is 20.1 Å². The molecule has 2 aromatic rings. The highest BCUT2D eigenvalue weighted by molar-refractivity contribution is 5.83. The average Bonchev–Trinajstić information content (AvgIpc) is 2.82. The Labute approximate surface area is 214 Å². The molecule has 2 fully saturated rings. The Hall–Kier alpha value is -2.98. The van der Waals surface area contributed by atoms with Crippen molar-refractivity contribution in [3.8, 4) is 17.2 Å². The van der Waals surface area contributed by atoms with Crippen LogP contribution in [0.25, 0.3) is 0 Å². The second kappa shape index (κ2) is 9.40. The van der Waals surface area contributed by atoms with Crippen LogP contribution in [0.2, 0.25) is 0 Å². The van der Waals surface area contributed by atoms with E-state index < -0.39 is 17.3 Å². The van der Waals surface area contributed by atoms with Crippen LogP contribution >= 0.6 is 0 Å². The fourth-order valence-corrected chi connectivity index (χ4v) is 5.03. The van der Waals surface area contributed by atoms with E-state index in [2.05, 4.69) is 0 Å². The van der Waals surface area contributed by atoms with Gasteiger partial charge in [-0.3, -0.25) is 4.99 Å². The summed E-state index contributed by atoms with van der Waals surface area (Å²) in [5.74, 6) is -2.21. The highest BCUT2D eigenvalue weighted by Crippen LogP contribution is 2.52. The molecule has 0 bridgehead atoms. The molecule has 200 valence electrons. The first-order chi connectivity index (χ1) is 17.5. The third-order valence-electron chi connectivity index (χ3n) is 7.25. The molecule has 0 amide bonds. The van der Waals surface area contributed by atoms with Crippen LogP contribution in [-0.4, -0.2) is 58.4 Å². The first-order valence-electron chi connectivity index (χ1n) is 12.3. The molecule has 3 aliphatic rings. The number of fused-ring (bicyclic) bond motifs is 2. The van der Waals surface area contributed by atoms with E-state index in [0.717, 1.165) is 5.69 Å². The van der Waals surface area contributed by atoms with Gasteiger partial charge in [0.1, 0.15) is 29.5 Å². The molecule has 1 atom stereocenters. The molecule has 5 rings (SSSR count). The lowest BCUT2D eigenvalue weighted by Crippen LogP contribution is -2.44. The number of alkyl halides is 2. The highest BCUT2D eigenvalue weighted by Gasteiger charge is 2.42. The number of nitrogens with two attached hydrogens (primary N) is 1. The maximum atomic E-state index is 15.4. The van der Waals surface area contributed by atoms with Crippen molar-refractivity contribution in [3.63, 3.8) is 0 Å². The van der Waals surface area contributed by atoms with Crippen LogP contribution in [0.1, 0.15) is 37.8 Å². The lowest BCUT2D eigenvalue weighted by molar-refractivity contribution is -0.120. The Morgan fingerprint density at radius 1 is 1.11 bits per heavy atom. The first kappa shape index (κ1) is 25.7. The number of aliphatic imine (C=N–C) groups is 1. The van der Waals surface area contributed by atoms with Gasteiger partial charge in [-0.2, -0.15) is 0 Å². The van der Waals surface area contributed by atoms with Gasteiger partial charge in [0.25, 0.3) is 5.92 Å². The molecule has 2 N–H and O–H groups in total. The van der Waals surface area contributed by atoms with Crippen LogP contribution in [0.4, 0.5) is 18.9 Å². The van der Waals surface area contributed by atoms with E-state index in [1.807, 2.05) is 24.8 Å². The Kier molecular flexibility index (Phi) is 6.52. The van der Waals surface area contributed by atoms with Crippen molar-refractivity contribution in [1.29, 1.82) is 0 Å². The molecule has 7 nitrogen and oxygen atoms in total. The van der Waals surface area contributed by atoms with E-state index in [9.17, 15) is 8.78 Å². The molecule has 0 aromatic heterocycles. The van der Waals surface area contributed by atoms with Crippen LogP contribution in [-0.2, 0) is 15.0 Å². The predicted octanol–water partition coefficient (Wildman–Crippen LogP) is 4.85. The number of rotatable bonds is 7. The molecule has 10 heteroatoms. The Morgan fingerprint density at radius 2 is 1.84 bits per heavy atom. The zero-order valence-electron chi connectivity index (χ0n) is 21.3. The van der Waals surface area contributed by atoms with Crippen molar-refractivity contribution < 1.29 is 32.1 Å². The van der Waals surface area contributed by atoms with Gasteiger partial charge in [0.2, 0.25) is 0 Å². The van der Waals surface area contributed by atoms with E-state index >= 15 is 4.39 Å². The van der Waals surface area contributed by atoms with E-state index in [-0.39, 0.29) is 49.5 Å². The lowest BCUT2D eigenvalue weighted by atomic mass is 9.81.